The molecule has 3 N–H and O–H groups in total. The van der Waals surface area contributed by atoms with Gasteiger partial charge in [-0.3, -0.25) is 4.79 Å². The van der Waals surface area contributed by atoms with Crippen LogP contribution in [0.2, 0.25) is 0 Å². The van der Waals surface area contributed by atoms with Crippen LogP contribution in [-0.4, -0.2) is 12.5 Å². The third-order valence-corrected chi connectivity index (χ3v) is 3.28. The summed E-state index contributed by atoms with van der Waals surface area (Å²) in [7, 11) is 0. The molecule has 1 aromatic heterocycles. The van der Waals surface area contributed by atoms with Gasteiger partial charge in [0.15, 0.2) is 5.76 Å². The molecular formula is C16H20N2O2. The average Bonchev–Trinajstić information content (AvgIpc) is 2.86. The lowest BCUT2D eigenvalue weighted by Crippen LogP contribution is -2.31. The van der Waals surface area contributed by atoms with Gasteiger partial charge in [0.1, 0.15) is 5.76 Å². The molecule has 2 aromatic rings. The lowest BCUT2D eigenvalue weighted by atomic mass is 10.1. The second-order valence-electron chi connectivity index (χ2n) is 4.80. The maximum absolute atomic E-state index is 12.0. The molecule has 0 saturated heterocycles. The smallest absolute Gasteiger partial charge is 0.287 e. The first kappa shape index (κ1) is 14.3. The molecule has 1 amide bonds. The molecule has 1 aromatic carbocycles. The van der Waals surface area contributed by atoms with Gasteiger partial charge in [0.05, 0.1) is 0 Å². The van der Waals surface area contributed by atoms with E-state index in [1.807, 2.05) is 44.2 Å². The van der Waals surface area contributed by atoms with Gasteiger partial charge in [0.2, 0.25) is 0 Å². The Morgan fingerprint density at radius 2 is 2.05 bits per heavy atom. The fraction of sp³-hybridized carbons (Fsp3) is 0.312. The summed E-state index contributed by atoms with van der Waals surface area (Å²) in [5, 5.41) is 2.80. The highest BCUT2D eigenvalue weighted by Gasteiger charge is 2.14. The Morgan fingerprint density at radius 1 is 1.35 bits per heavy atom. The maximum Gasteiger partial charge on any atom is 0.287 e. The van der Waals surface area contributed by atoms with Crippen LogP contribution in [-0.2, 0) is 6.42 Å². The van der Waals surface area contributed by atoms with Crippen molar-refractivity contribution in [2.24, 2.45) is 5.73 Å². The number of nitrogens with one attached hydrogen (secondary N) is 1. The van der Waals surface area contributed by atoms with Crippen molar-refractivity contribution in [3.05, 3.63) is 59.0 Å². The van der Waals surface area contributed by atoms with Crippen LogP contribution >= 0.6 is 0 Å². The minimum atomic E-state index is -0.223. The molecule has 106 valence electrons. The summed E-state index contributed by atoms with van der Waals surface area (Å²) < 4.78 is 5.51. The van der Waals surface area contributed by atoms with Crippen LogP contribution in [0.25, 0.3) is 0 Å². The molecular weight excluding hydrogens is 252 g/mol. The van der Waals surface area contributed by atoms with E-state index < -0.39 is 0 Å². The predicted octanol–water partition coefficient (Wildman–Crippen LogP) is 2.58. The lowest BCUT2D eigenvalue weighted by Gasteiger charge is -2.12. The number of hydrogen-bond donors (Lipinski definition) is 2. The highest BCUT2D eigenvalue weighted by molar-refractivity contribution is 5.91. The van der Waals surface area contributed by atoms with E-state index in [4.69, 9.17) is 10.2 Å². The van der Waals surface area contributed by atoms with E-state index in [0.717, 1.165) is 23.3 Å². The maximum atomic E-state index is 12.0. The van der Waals surface area contributed by atoms with Crippen molar-refractivity contribution in [3.63, 3.8) is 0 Å². The van der Waals surface area contributed by atoms with Gasteiger partial charge in [-0.2, -0.15) is 0 Å². The summed E-state index contributed by atoms with van der Waals surface area (Å²) in [4.78, 5) is 12.0. The highest BCUT2D eigenvalue weighted by Crippen LogP contribution is 2.15. The summed E-state index contributed by atoms with van der Waals surface area (Å²) in [6, 6.07) is 11.2. The van der Waals surface area contributed by atoms with E-state index in [1.165, 1.54) is 0 Å². The lowest BCUT2D eigenvalue weighted by molar-refractivity contribution is 0.0922. The number of carbonyl (C=O) groups excluding carboxylic acids is 1. The second-order valence-corrected chi connectivity index (χ2v) is 4.80. The van der Waals surface area contributed by atoms with Crippen molar-refractivity contribution >= 4 is 5.91 Å². The van der Waals surface area contributed by atoms with Crippen LogP contribution < -0.4 is 11.1 Å². The van der Waals surface area contributed by atoms with Gasteiger partial charge in [0.25, 0.3) is 5.91 Å². The average molecular weight is 272 g/mol. The summed E-state index contributed by atoms with van der Waals surface area (Å²) >= 11 is 0. The molecule has 0 fully saturated rings. The molecule has 0 aliphatic heterocycles. The first-order valence-corrected chi connectivity index (χ1v) is 6.79. The first-order valence-electron chi connectivity index (χ1n) is 6.79. The zero-order valence-corrected chi connectivity index (χ0v) is 11.8. The number of carbonyl (C=O) groups is 1. The first-order chi connectivity index (χ1) is 9.61. The van der Waals surface area contributed by atoms with Crippen LogP contribution in [0.4, 0.5) is 0 Å². The molecule has 1 atom stereocenters. The van der Waals surface area contributed by atoms with Gasteiger partial charge in [0, 0.05) is 19.0 Å². The van der Waals surface area contributed by atoms with E-state index in [9.17, 15) is 4.79 Å². The summed E-state index contributed by atoms with van der Waals surface area (Å²) in [5.41, 5.74) is 8.04. The molecule has 0 spiro atoms. The Hall–Kier alpha value is -2.07. The molecule has 1 heterocycles. The van der Waals surface area contributed by atoms with Crippen LogP contribution in [0, 0.1) is 6.92 Å². The van der Waals surface area contributed by atoms with Crippen LogP contribution in [0.3, 0.4) is 0 Å². The van der Waals surface area contributed by atoms with Crippen LogP contribution in [0.15, 0.2) is 40.8 Å². The Balaban J connectivity index is 1.95. The van der Waals surface area contributed by atoms with Crippen molar-refractivity contribution in [1.82, 2.24) is 5.32 Å². The van der Waals surface area contributed by atoms with Crippen molar-refractivity contribution in [2.45, 2.75) is 26.3 Å². The highest BCUT2D eigenvalue weighted by atomic mass is 16.4. The van der Waals surface area contributed by atoms with E-state index in [1.54, 1.807) is 6.07 Å². The largest absolute Gasteiger partial charge is 0.456 e. The number of aryl methyl sites for hydroxylation is 2. The Labute approximate surface area is 119 Å². The Kier molecular flexibility index (Phi) is 4.58. The van der Waals surface area contributed by atoms with Crippen molar-refractivity contribution in [1.29, 1.82) is 0 Å². The molecule has 20 heavy (non-hydrogen) atoms. The monoisotopic (exact) mass is 272 g/mol. The molecule has 4 heteroatoms. The third kappa shape index (κ3) is 3.27. The topological polar surface area (TPSA) is 68.3 Å². The number of amides is 1. The predicted molar refractivity (Wildman–Crippen MR) is 78.5 cm³/mol. The Bertz CT molecular complexity index is 575. The minimum absolute atomic E-state index is 0.221. The number of furan rings is 1. The Morgan fingerprint density at radius 3 is 2.65 bits per heavy atom. The second kappa shape index (κ2) is 6.39. The van der Waals surface area contributed by atoms with Gasteiger partial charge < -0.3 is 15.5 Å². The van der Waals surface area contributed by atoms with E-state index in [2.05, 4.69) is 5.32 Å². The number of nitrogens with two attached hydrogens (primary N) is 1. The van der Waals surface area contributed by atoms with Crippen molar-refractivity contribution in [3.8, 4) is 0 Å². The van der Waals surface area contributed by atoms with Crippen LogP contribution in [0.1, 0.15) is 40.4 Å². The van der Waals surface area contributed by atoms with Gasteiger partial charge in [-0.25, -0.2) is 0 Å². The van der Waals surface area contributed by atoms with Gasteiger partial charge >= 0.3 is 0 Å². The molecule has 0 aliphatic carbocycles. The fourth-order valence-corrected chi connectivity index (χ4v) is 2.09. The summed E-state index contributed by atoms with van der Waals surface area (Å²) in [6.07, 6.45) is 0.780. The van der Waals surface area contributed by atoms with Gasteiger partial charge in [-0.15, -0.1) is 0 Å². The number of benzene rings is 1. The molecule has 0 aliphatic rings. The minimum Gasteiger partial charge on any atom is -0.456 e. The third-order valence-electron chi connectivity index (χ3n) is 3.28. The van der Waals surface area contributed by atoms with Crippen LogP contribution in [0.5, 0.6) is 0 Å². The molecule has 0 bridgehead atoms. The fourth-order valence-electron chi connectivity index (χ4n) is 2.09. The molecule has 0 saturated carbocycles. The summed E-state index contributed by atoms with van der Waals surface area (Å²) in [6.45, 7) is 4.32. The van der Waals surface area contributed by atoms with Crippen molar-refractivity contribution in [2.75, 3.05) is 6.54 Å². The van der Waals surface area contributed by atoms with Gasteiger partial charge in [-0.1, -0.05) is 37.3 Å². The molecule has 1 unspecified atom stereocenters. The number of hydrogen-bond acceptors (Lipinski definition) is 3. The standard InChI is InChI=1S/C16H20N2O2/c1-3-14-11(2)9-15(20-14)16(19)18-10-13(17)12-7-5-4-6-8-12/h4-9,13H,3,10,17H2,1-2H3,(H,18,19). The SMILES string of the molecule is CCc1oc(C(=O)NCC(N)c2ccccc2)cc1C. The molecule has 0 radical (unpaired) electrons. The molecule has 2 rings (SSSR count). The van der Waals surface area contributed by atoms with Gasteiger partial charge in [-0.05, 0) is 24.1 Å². The van der Waals surface area contributed by atoms with E-state index >= 15 is 0 Å². The zero-order valence-electron chi connectivity index (χ0n) is 11.8. The quantitative estimate of drug-likeness (QED) is 0.879. The number of rotatable bonds is 5. The van der Waals surface area contributed by atoms with E-state index in [-0.39, 0.29) is 11.9 Å². The normalized spacial score (nSPS) is 12.2. The van der Waals surface area contributed by atoms with E-state index in [0.29, 0.717) is 12.3 Å². The molecule has 4 nitrogen and oxygen atoms in total. The van der Waals surface area contributed by atoms with Crippen molar-refractivity contribution < 1.29 is 9.21 Å². The summed E-state index contributed by atoms with van der Waals surface area (Å²) in [5.74, 6) is 0.973. The zero-order chi connectivity index (χ0) is 14.5.